The van der Waals surface area contributed by atoms with Gasteiger partial charge in [0.2, 0.25) is 0 Å². The topological polar surface area (TPSA) is 9.23 Å². The second-order valence-corrected chi connectivity index (χ2v) is 3.98. The van der Waals surface area contributed by atoms with Crippen LogP contribution in [0.2, 0.25) is 0 Å². The molecule has 0 N–H and O–H groups in total. The van der Waals surface area contributed by atoms with E-state index in [4.69, 9.17) is 4.74 Å². The van der Waals surface area contributed by atoms with Crippen LogP contribution in [0.15, 0.2) is 18.2 Å². The quantitative estimate of drug-likeness (QED) is 0.667. The van der Waals surface area contributed by atoms with Gasteiger partial charge in [-0.3, -0.25) is 4.39 Å². The third kappa shape index (κ3) is 3.80. The maximum atomic E-state index is 13.2. The lowest BCUT2D eigenvalue weighted by Gasteiger charge is -2.11. The van der Waals surface area contributed by atoms with Gasteiger partial charge in [0.05, 0.1) is 13.3 Å². The normalized spacial score (nSPS) is 12.5. The van der Waals surface area contributed by atoms with Gasteiger partial charge < -0.3 is 4.74 Å². The van der Waals surface area contributed by atoms with Crippen LogP contribution in [0.25, 0.3) is 0 Å². The van der Waals surface area contributed by atoms with Gasteiger partial charge in [-0.2, -0.15) is 0 Å². The van der Waals surface area contributed by atoms with Crippen LogP contribution in [0, 0.1) is 5.82 Å². The predicted molar refractivity (Wildman–Crippen MR) is 61.2 cm³/mol. The highest BCUT2D eigenvalue weighted by Crippen LogP contribution is 2.23. The van der Waals surface area contributed by atoms with Crippen molar-refractivity contribution in [3.8, 4) is 5.75 Å². The van der Waals surface area contributed by atoms with E-state index >= 15 is 0 Å². The molecule has 0 bridgehead atoms. The van der Waals surface area contributed by atoms with E-state index in [2.05, 4.69) is 6.92 Å². The summed E-state index contributed by atoms with van der Waals surface area (Å²) in [5.41, 5.74) is 0.647. The molecule has 0 radical (unpaired) electrons. The van der Waals surface area contributed by atoms with Crippen LogP contribution in [0.1, 0.15) is 38.2 Å². The largest absolute Gasteiger partial charge is 0.493 e. The lowest BCUT2D eigenvalue weighted by atomic mass is 10.0. The van der Waals surface area contributed by atoms with Crippen molar-refractivity contribution in [3.05, 3.63) is 29.6 Å². The summed E-state index contributed by atoms with van der Waals surface area (Å²) in [4.78, 5) is 0. The van der Waals surface area contributed by atoms with E-state index in [0.29, 0.717) is 17.9 Å². The molecular formula is C13H18F2O. The SMILES string of the molecule is CCCCOc1cc(F)cc(C(C)CF)c1. The number of hydrogen-bond donors (Lipinski definition) is 0. The van der Waals surface area contributed by atoms with E-state index < -0.39 is 6.67 Å². The first-order valence-electron chi connectivity index (χ1n) is 5.66. The van der Waals surface area contributed by atoms with Gasteiger partial charge in [-0.25, -0.2) is 4.39 Å². The predicted octanol–water partition coefficient (Wildman–Crippen LogP) is 4.08. The van der Waals surface area contributed by atoms with Gasteiger partial charge in [0.25, 0.3) is 0 Å². The first-order chi connectivity index (χ1) is 7.67. The summed E-state index contributed by atoms with van der Waals surface area (Å²) in [6, 6.07) is 4.41. The molecule has 1 atom stereocenters. The van der Waals surface area contributed by atoms with Crippen molar-refractivity contribution in [1.82, 2.24) is 0 Å². The molecule has 1 aromatic carbocycles. The Kier molecular flexibility index (Phi) is 5.23. The molecule has 0 amide bonds. The molecule has 16 heavy (non-hydrogen) atoms. The molecule has 1 nitrogen and oxygen atoms in total. The Morgan fingerprint density at radius 3 is 2.69 bits per heavy atom. The van der Waals surface area contributed by atoms with Crippen molar-refractivity contribution >= 4 is 0 Å². The van der Waals surface area contributed by atoms with Crippen LogP contribution in [0.4, 0.5) is 8.78 Å². The molecule has 90 valence electrons. The Morgan fingerprint density at radius 2 is 2.06 bits per heavy atom. The maximum Gasteiger partial charge on any atom is 0.127 e. The molecule has 0 aliphatic rings. The fourth-order valence-electron chi connectivity index (χ4n) is 1.38. The summed E-state index contributed by atoms with van der Waals surface area (Å²) < 4.78 is 31.1. The van der Waals surface area contributed by atoms with Crippen LogP contribution < -0.4 is 4.74 Å². The van der Waals surface area contributed by atoms with E-state index in [1.54, 1.807) is 13.0 Å². The second-order valence-electron chi connectivity index (χ2n) is 3.98. The highest BCUT2D eigenvalue weighted by Gasteiger charge is 2.08. The van der Waals surface area contributed by atoms with Crippen LogP contribution in [-0.4, -0.2) is 13.3 Å². The first kappa shape index (κ1) is 12.9. The molecule has 0 spiro atoms. The Bertz CT molecular complexity index is 326. The lowest BCUT2D eigenvalue weighted by molar-refractivity contribution is 0.307. The standard InChI is InChI=1S/C13H18F2O/c1-3-4-5-16-13-7-11(10(2)9-14)6-12(15)8-13/h6-8,10H,3-5,9H2,1-2H3. The molecule has 0 saturated carbocycles. The average molecular weight is 228 g/mol. The molecular weight excluding hydrogens is 210 g/mol. The van der Waals surface area contributed by atoms with Crippen molar-refractivity contribution in [2.45, 2.75) is 32.6 Å². The zero-order valence-electron chi connectivity index (χ0n) is 9.80. The van der Waals surface area contributed by atoms with Crippen molar-refractivity contribution in [2.75, 3.05) is 13.3 Å². The minimum atomic E-state index is -0.488. The summed E-state index contributed by atoms with van der Waals surface area (Å²) in [7, 11) is 0. The molecule has 1 unspecified atom stereocenters. The fourth-order valence-corrected chi connectivity index (χ4v) is 1.38. The number of ether oxygens (including phenoxy) is 1. The van der Waals surface area contributed by atoms with Crippen molar-refractivity contribution in [3.63, 3.8) is 0 Å². The number of benzene rings is 1. The molecule has 0 heterocycles. The van der Waals surface area contributed by atoms with Crippen LogP contribution in [0.5, 0.6) is 5.75 Å². The average Bonchev–Trinajstić information content (AvgIpc) is 2.27. The lowest BCUT2D eigenvalue weighted by Crippen LogP contribution is -2.00. The Morgan fingerprint density at radius 1 is 1.31 bits per heavy atom. The Balaban J connectivity index is 2.73. The van der Waals surface area contributed by atoms with E-state index in [1.807, 2.05) is 0 Å². The summed E-state index contributed by atoms with van der Waals surface area (Å²) in [5.74, 6) is -0.169. The van der Waals surface area contributed by atoms with Gasteiger partial charge in [-0.1, -0.05) is 20.3 Å². The minimum Gasteiger partial charge on any atom is -0.493 e. The third-order valence-corrected chi connectivity index (χ3v) is 2.46. The van der Waals surface area contributed by atoms with Crippen LogP contribution in [-0.2, 0) is 0 Å². The van der Waals surface area contributed by atoms with E-state index in [9.17, 15) is 8.78 Å². The van der Waals surface area contributed by atoms with Crippen molar-refractivity contribution < 1.29 is 13.5 Å². The van der Waals surface area contributed by atoms with Gasteiger partial charge in [0.15, 0.2) is 0 Å². The van der Waals surface area contributed by atoms with Crippen molar-refractivity contribution in [2.24, 2.45) is 0 Å². The summed E-state index contributed by atoms with van der Waals surface area (Å²) in [5, 5.41) is 0. The molecule has 0 aromatic heterocycles. The van der Waals surface area contributed by atoms with E-state index in [-0.39, 0.29) is 11.7 Å². The molecule has 0 aliphatic carbocycles. The second kappa shape index (κ2) is 6.46. The third-order valence-electron chi connectivity index (χ3n) is 2.46. The Labute approximate surface area is 95.4 Å². The van der Waals surface area contributed by atoms with E-state index in [0.717, 1.165) is 12.8 Å². The molecule has 0 aliphatic heterocycles. The highest BCUT2D eigenvalue weighted by molar-refractivity contribution is 5.31. The molecule has 0 fully saturated rings. The molecule has 1 aromatic rings. The number of unbranched alkanes of at least 4 members (excludes halogenated alkanes) is 1. The van der Waals surface area contributed by atoms with Gasteiger partial charge in [0, 0.05) is 12.0 Å². The smallest absolute Gasteiger partial charge is 0.127 e. The van der Waals surface area contributed by atoms with Crippen LogP contribution in [0.3, 0.4) is 0 Å². The zero-order chi connectivity index (χ0) is 12.0. The maximum absolute atomic E-state index is 13.2. The van der Waals surface area contributed by atoms with Gasteiger partial charge in [0.1, 0.15) is 11.6 Å². The molecule has 0 saturated heterocycles. The molecule has 1 rings (SSSR count). The summed E-state index contributed by atoms with van der Waals surface area (Å²) in [6.45, 7) is 3.87. The first-order valence-corrected chi connectivity index (χ1v) is 5.66. The minimum absolute atomic E-state index is 0.288. The number of halogens is 2. The van der Waals surface area contributed by atoms with Gasteiger partial charge in [-0.05, 0) is 24.1 Å². The Hall–Kier alpha value is -1.12. The molecule has 3 heteroatoms. The number of alkyl halides is 1. The monoisotopic (exact) mass is 228 g/mol. The van der Waals surface area contributed by atoms with E-state index in [1.165, 1.54) is 12.1 Å². The van der Waals surface area contributed by atoms with Crippen LogP contribution >= 0.6 is 0 Å². The number of hydrogen-bond acceptors (Lipinski definition) is 1. The summed E-state index contributed by atoms with van der Waals surface area (Å²) >= 11 is 0. The van der Waals surface area contributed by atoms with Gasteiger partial charge >= 0.3 is 0 Å². The summed E-state index contributed by atoms with van der Waals surface area (Å²) in [6.07, 6.45) is 1.97. The fraction of sp³-hybridized carbons (Fsp3) is 0.538. The van der Waals surface area contributed by atoms with Gasteiger partial charge in [-0.15, -0.1) is 0 Å². The highest BCUT2D eigenvalue weighted by atomic mass is 19.1. The zero-order valence-corrected chi connectivity index (χ0v) is 9.80. The van der Waals surface area contributed by atoms with Crippen molar-refractivity contribution in [1.29, 1.82) is 0 Å². The number of rotatable bonds is 6.